The molecule has 0 bridgehead atoms. The van der Waals surface area contributed by atoms with Crippen molar-refractivity contribution in [1.82, 2.24) is 0 Å². The first-order valence-corrected chi connectivity index (χ1v) is 9.60. The summed E-state index contributed by atoms with van der Waals surface area (Å²) < 4.78 is 6.20. The minimum Gasteiger partial charge on any atom is -0.460 e. The molecule has 3 heteroatoms. The summed E-state index contributed by atoms with van der Waals surface area (Å²) in [4.78, 5) is 25.3. The van der Waals surface area contributed by atoms with Crippen LogP contribution in [0.4, 0.5) is 0 Å². The molecule has 1 aromatic carbocycles. The zero-order valence-electron chi connectivity index (χ0n) is 14.6. The molecule has 2 aliphatic carbocycles. The lowest BCUT2D eigenvalue weighted by molar-refractivity contribution is 0.0814. The maximum atomic E-state index is 12.8. The van der Waals surface area contributed by atoms with Gasteiger partial charge in [-0.15, -0.1) is 0 Å². The summed E-state index contributed by atoms with van der Waals surface area (Å²) in [6.45, 7) is 0. The molecule has 2 aliphatic rings. The number of carbonyl (C=O) groups excluding carboxylic acids is 2. The summed E-state index contributed by atoms with van der Waals surface area (Å²) in [5.74, 6) is 0.784. The monoisotopic (exact) mass is 336 g/mol. The predicted octanol–water partition coefficient (Wildman–Crippen LogP) is 5.55. The van der Waals surface area contributed by atoms with Crippen LogP contribution < -0.4 is 0 Å². The maximum absolute atomic E-state index is 12.8. The normalized spacial score (nSPS) is 18.6. The van der Waals surface area contributed by atoms with Crippen molar-refractivity contribution in [2.75, 3.05) is 0 Å². The lowest BCUT2D eigenvalue weighted by Crippen LogP contribution is -2.21. The molecule has 0 amide bonds. The first-order chi connectivity index (χ1) is 12.3. The van der Waals surface area contributed by atoms with Crippen molar-refractivity contribution in [3.05, 3.63) is 46.7 Å². The van der Waals surface area contributed by atoms with Crippen molar-refractivity contribution in [1.29, 1.82) is 0 Å². The summed E-state index contributed by atoms with van der Waals surface area (Å²) in [5.41, 5.74) is 2.81. The molecule has 0 N–H and O–H groups in total. The van der Waals surface area contributed by atoms with Crippen LogP contribution in [0.1, 0.15) is 83.4 Å². The van der Waals surface area contributed by atoms with Gasteiger partial charge in [0.2, 0.25) is 11.6 Å². The zero-order chi connectivity index (χ0) is 17.2. The van der Waals surface area contributed by atoms with Gasteiger partial charge in [0.25, 0.3) is 0 Å². The van der Waals surface area contributed by atoms with E-state index < -0.39 is 5.78 Å². The number of rotatable bonds is 0. The summed E-state index contributed by atoms with van der Waals surface area (Å²) in [6, 6.07) is 7.32. The van der Waals surface area contributed by atoms with Crippen molar-refractivity contribution in [2.45, 2.75) is 64.2 Å². The van der Waals surface area contributed by atoms with E-state index in [1.54, 1.807) is 12.1 Å². The second-order valence-electron chi connectivity index (χ2n) is 7.24. The molecule has 0 atom stereocenters. The number of furan rings is 1. The van der Waals surface area contributed by atoms with Gasteiger partial charge in [-0.25, -0.2) is 0 Å². The van der Waals surface area contributed by atoms with Gasteiger partial charge < -0.3 is 4.42 Å². The molecule has 3 nitrogen and oxygen atoms in total. The highest BCUT2D eigenvalue weighted by atomic mass is 16.3. The van der Waals surface area contributed by atoms with Gasteiger partial charge in [0.05, 0.1) is 5.56 Å². The molecular weight excluding hydrogens is 312 g/mol. The van der Waals surface area contributed by atoms with E-state index in [9.17, 15) is 9.59 Å². The largest absolute Gasteiger partial charge is 0.460 e. The van der Waals surface area contributed by atoms with E-state index in [-0.39, 0.29) is 5.78 Å². The van der Waals surface area contributed by atoms with Gasteiger partial charge in [0.15, 0.2) is 0 Å². The third-order valence-corrected chi connectivity index (χ3v) is 5.52. The van der Waals surface area contributed by atoms with Crippen LogP contribution in [-0.4, -0.2) is 11.6 Å². The fourth-order valence-electron chi connectivity index (χ4n) is 4.17. The molecule has 0 saturated heterocycles. The molecule has 25 heavy (non-hydrogen) atoms. The van der Waals surface area contributed by atoms with Crippen molar-refractivity contribution in [3.8, 4) is 11.3 Å². The van der Waals surface area contributed by atoms with E-state index >= 15 is 0 Å². The Morgan fingerprint density at radius 3 is 2.00 bits per heavy atom. The van der Waals surface area contributed by atoms with E-state index in [4.69, 9.17) is 4.42 Å². The minimum atomic E-state index is -0.391. The third-order valence-electron chi connectivity index (χ3n) is 5.52. The molecule has 1 aromatic heterocycles. The Morgan fingerprint density at radius 2 is 1.28 bits per heavy atom. The number of benzene rings is 1. The average molecular weight is 336 g/mol. The third kappa shape index (κ3) is 2.97. The molecule has 130 valence electrons. The Morgan fingerprint density at radius 1 is 0.680 bits per heavy atom. The van der Waals surface area contributed by atoms with Gasteiger partial charge in [-0.2, -0.15) is 0 Å². The lowest BCUT2D eigenvalue weighted by Gasteiger charge is -2.13. The Hall–Kier alpha value is -2.16. The van der Waals surface area contributed by atoms with Gasteiger partial charge in [-0.1, -0.05) is 62.8 Å². The van der Waals surface area contributed by atoms with Crippen LogP contribution in [0.15, 0.2) is 28.7 Å². The molecule has 0 aliphatic heterocycles. The van der Waals surface area contributed by atoms with Crippen molar-refractivity contribution in [3.63, 3.8) is 0 Å². The Labute approximate surface area is 148 Å². The molecular formula is C22H24O3. The molecule has 0 radical (unpaired) electrons. The van der Waals surface area contributed by atoms with E-state index in [0.717, 1.165) is 42.6 Å². The van der Waals surface area contributed by atoms with Crippen molar-refractivity contribution in [2.24, 2.45) is 0 Å². The van der Waals surface area contributed by atoms with Crippen LogP contribution in [0.25, 0.3) is 11.3 Å². The number of ketones is 2. The lowest BCUT2D eigenvalue weighted by atomic mass is 9.85. The van der Waals surface area contributed by atoms with E-state index in [0.29, 0.717) is 16.9 Å². The van der Waals surface area contributed by atoms with E-state index in [2.05, 4.69) is 0 Å². The Bertz CT molecular complexity index is 813. The molecule has 0 spiro atoms. The van der Waals surface area contributed by atoms with Crippen LogP contribution in [0.2, 0.25) is 0 Å². The SMILES string of the molecule is O=C1C(=O)c2c(oc3c2CCCCCCCCCC3)-c2ccccc21. The summed E-state index contributed by atoms with van der Waals surface area (Å²) in [6.07, 6.45) is 11.4. The van der Waals surface area contributed by atoms with Crippen LogP contribution in [0, 0.1) is 0 Å². The standard InChI is InChI=1S/C22H24O3/c23-20-15-11-9-10-12-16(15)22-19(21(20)24)17-13-7-5-3-1-2-4-6-8-14-18(17)25-22/h9-12H,1-8,13-14H2. The second-order valence-corrected chi connectivity index (χ2v) is 7.24. The molecule has 2 aromatic rings. The van der Waals surface area contributed by atoms with Gasteiger partial charge in [0.1, 0.15) is 11.5 Å². The molecule has 0 saturated carbocycles. The van der Waals surface area contributed by atoms with Crippen LogP contribution in [0.3, 0.4) is 0 Å². The highest BCUT2D eigenvalue weighted by molar-refractivity contribution is 6.53. The Balaban J connectivity index is 1.79. The Kier molecular flexibility index (Phi) is 4.56. The smallest absolute Gasteiger partial charge is 0.237 e. The van der Waals surface area contributed by atoms with Crippen molar-refractivity contribution < 1.29 is 14.0 Å². The molecule has 4 rings (SSSR count). The number of aryl methyl sites for hydroxylation is 1. The van der Waals surface area contributed by atoms with Crippen LogP contribution in [0.5, 0.6) is 0 Å². The van der Waals surface area contributed by atoms with Gasteiger partial charge in [-0.3, -0.25) is 9.59 Å². The summed E-state index contributed by atoms with van der Waals surface area (Å²) in [5, 5.41) is 0. The van der Waals surface area contributed by atoms with E-state index in [1.165, 1.54) is 38.5 Å². The van der Waals surface area contributed by atoms with E-state index in [1.807, 2.05) is 12.1 Å². The van der Waals surface area contributed by atoms with Gasteiger partial charge >= 0.3 is 0 Å². The van der Waals surface area contributed by atoms with Gasteiger partial charge in [-0.05, 0) is 19.3 Å². The summed E-state index contributed by atoms with van der Waals surface area (Å²) in [7, 11) is 0. The first-order valence-electron chi connectivity index (χ1n) is 9.60. The minimum absolute atomic E-state index is 0.384. The number of Topliss-reactive ketones (excluding diaryl/α,β-unsaturated/α-hetero) is 2. The van der Waals surface area contributed by atoms with Crippen molar-refractivity contribution >= 4 is 11.6 Å². The predicted molar refractivity (Wildman–Crippen MR) is 97.1 cm³/mol. The first kappa shape index (κ1) is 16.3. The highest BCUT2D eigenvalue weighted by Gasteiger charge is 2.36. The van der Waals surface area contributed by atoms with Crippen LogP contribution in [-0.2, 0) is 12.8 Å². The zero-order valence-corrected chi connectivity index (χ0v) is 14.6. The van der Waals surface area contributed by atoms with Crippen LogP contribution >= 0.6 is 0 Å². The topological polar surface area (TPSA) is 47.3 Å². The number of hydrogen-bond donors (Lipinski definition) is 0. The number of carbonyl (C=O) groups is 2. The fourth-order valence-corrected chi connectivity index (χ4v) is 4.17. The fraction of sp³-hybridized carbons (Fsp3) is 0.455. The summed E-state index contributed by atoms with van der Waals surface area (Å²) >= 11 is 0. The highest BCUT2D eigenvalue weighted by Crippen LogP contribution is 2.40. The molecule has 0 unspecified atom stereocenters. The number of hydrogen-bond acceptors (Lipinski definition) is 3. The molecule has 1 heterocycles. The maximum Gasteiger partial charge on any atom is 0.237 e. The average Bonchev–Trinajstić information content (AvgIpc) is 2.98. The quantitative estimate of drug-likeness (QED) is 0.593. The number of fused-ring (bicyclic) bond motifs is 5. The van der Waals surface area contributed by atoms with Gasteiger partial charge in [0, 0.05) is 23.1 Å². The second kappa shape index (κ2) is 6.99. The molecule has 0 fully saturated rings.